The summed E-state index contributed by atoms with van der Waals surface area (Å²) in [6.45, 7) is 1.26. The Morgan fingerprint density at radius 3 is 2.18 bits per heavy atom. The number of ether oxygens (including phenoxy) is 1. The first kappa shape index (κ1) is 21.4. The number of amides is 1. The van der Waals surface area contributed by atoms with Gasteiger partial charge in [-0.2, -0.15) is 0 Å². The van der Waals surface area contributed by atoms with Gasteiger partial charge in [0.25, 0.3) is 15.9 Å². The van der Waals surface area contributed by atoms with E-state index in [1.54, 1.807) is 12.1 Å². The molecule has 0 fully saturated rings. The number of hydrogen-bond donors (Lipinski definition) is 2. The molecule has 2 rings (SSSR count). The van der Waals surface area contributed by atoms with Crippen molar-refractivity contribution >= 4 is 27.6 Å². The maximum absolute atomic E-state index is 12.7. The third kappa shape index (κ3) is 4.68. The van der Waals surface area contributed by atoms with Gasteiger partial charge in [-0.1, -0.05) is 17.7 Å². The highest BCUT2D eigenvalue weighted by Gasteiger charge is 2.23. The van der Waals surface area contributed by atoms with Crippen LogP contribution in [0.2, 0.25) is 0 Å². The van der Waals surface area contributed by atoms with E-state index in [0.29, 0.717) is 5.69 Å². The van der Waals surface area contributed by atoms with Gasteiger partial charge >= 0.3 is 5.97 Å². The molecule has 0 aliphatic carbocycles. The normalized spacial score (nSPS) is 12.1. The van der Waals surface area contributed by atoms with E-state index < -0.39 is 34.5 Å². The van der Waals surface area contributed by atoms with Crippen LogP contribution < -0.4 is 9.62 Å². The van der Waals surface area contributed by atoms with Gasteiger partial charge in [0.05, 0.1) is 24.3 Å². The standard InChI is InChI=1S/C19H22N2O6S/c1-13-4-10-16(11-5-13)28(25,26)21(2)15-8-6-14(7-9-15)18(23)20-17(12-22)19(24)27-3/h4-11,17,22H,12H2,1-3H3,(H,20,23)/t17-/m0/s1. The fraction of sp³-hybridized carbons (Fsp3) is 0.263. The van der Waals surface area contributed by atoms with Gasteiger partial charge in [-0.05, 0) is 43.3 Å². The van der Waals surface area contributed by atoms with Crippen molar-refractivity contribution in [2.45, 2.75) is 17.9 Å². The van der Waals surface area contributed by atoms with Crippen LogP contribution in [0, 0.1) is 6.92 Å². The van der Waals surface area contributed by atoms with Crippen molar-refractivity contribution in [1.82, 2.24) is 5.32 Å². The zero-order chi connectivity index (χ0) is 20.9. The number of carbonyl (C=O) groups is 2. The van der Waals surface area contributed by atoms with Crippen LogP contribution in [0.3, 0.4) is 0 Å². The molecule has 0 spiro atoms. The van der Waals surface area contributed by atoms with E-state index >= 15 is 0 Å². The zero-order valence-corrected chi connectivity index (χ0v) is 16.6. The molecule has 0 aliphatic heterocycles. The number of nitrogens with zero attached hydrogens (tertiary/aromatic N) is 1. The number of benzene rings is 2. The van der Waals surface area contributed by atoms with Crippen LogP contribution in [0.4, 0.5) is 5.69 Å². The van der Waals surface area contributed by atoms with E-state index in [9.17, 15) is 18.0 Å². The maximum atomic E-state index is 12.7. The molecule has 9 heteroatoms. The molecule has 0 saturated carbocycles. The molecule has 0 unspecified atom stereocenters. The van der Waals surface area contributed by atoms with Gasteiger partial charge < -0.3 is 15.2 Å². The van der Waals surface area contributed by atoms with Crippen molar-refractivity contribution in [3.05, 3.63) is 59.7 Å². The van der Waals surface area contributed by atoms with Crippen LogP contribution in [-0.2, 0) is 19.6 Å². The number of anilines is 1. The molecular weight excluding hydrogens is 384 g/mol. The molecule has 0 aliphatic rings. The van der Waals surface area contributed by atoms with Gasteiger partial charge in [-0.15, -0.1) is 0 Å². The van der Waals surface area contributed by atoms with E-state index in [2.05, 4.69) is 10.1 Å². The molecule has 2 aromatic rings. The van der Waals surface area contributed by atoms with Crippen molar-refractivity contribution < 1.29 is 27.9 Å². The van der Waals surface area contributed by atoms with Crippen LogP contribution in [0.5, 0.6) is 0 Å². The monoisotopic (exact) mass is 406 g/mol. The van der Waals surface area contributed by atoms with E-state index in [1.807, 2.05) is 6.92 Å². The highest BCUT2D eigenvalue weighted by Crippen LogP contribution is 2.22. The molecule has 1 amide bonds. The molecule has 2 N–H and O–H groups in total. The summed E-state index contributed by atoms with van der Waals surface area (Å²) in [6, 6.07) is 11.1. The Morgan fingerprint density at radius 1 is 1.11 bits per heavy atom. The van der Waals surface area contributed by atoms with Gasteiger partial charge in [-0.3, -0.25) is 9.10 Å². The maximum Gasteiger partial charge on any atom is 0.330 e. The number of rotatable bonds is 7. The topological polar surface area (TPSA) is 113 Å². The predicted molar refractivity (Wildman–Crippen MR) is 104 cm³/mol. The summed E-state index contributed by atoms with van der Waals surface area (Å²) in [5.41, 5.74) is 1.51. The van der Waals surface area contributed by atoms with E-state index in [0.717, 1.165) is 17.0 Å². The summed E-state index contributed by atoms with van der Waals surface area (Å²) in [5.74, 6) is -1.36. The minimum atomic E-state index is -3.74. The highest BCUT2D eigenvalue weighted by atomic mass is 32.2. The Bertz CT molecular complexity index is 939. The van der Waals surface area contributed by atoms with Crippen LogP contribution in [0.15, 0.2) is 53.4 Å². The molecule has 28 heavy (non-hydrogen) atoms. The highest BCUT2D eigenvalue weighted by molar-refractivity contribution is 7.92. The lowest BCUT2D eigenvalue weighted by Crippen LogP contribution is -2.44. The average Bonchev–Trinajstić information content (AvgIpc) is 2.71. The fourth-order valence-electron chi connectivity index (χ4n) is 2.39. The van der Waals surface area contributed by atoms with Crippen LogP contribution >= 0.6 is 0 Å². The summed E-state index contributed by atoms with van der Waals surface area (Å²) in [5, 5.41) is 11.5. The summed E-state index contributed by atoms with van der Waals surface area (Å²) in [7, 11) is -1.17. The summed E-state index contributed by atoms with van der Waals surface area (Å²) < 4.78 is 31.1. The smallest absolute Gasteiger partial charge is 0.330 e. The lowest BCUT2D eigenvalue weighted by Gasteiger charge is -2.20. The second-order valence-corrected chi connectivity index (χ2v) is 8.03. The van der Waals surface area contributed by atoms with E-state index in [1.165, 1.54) is 43.4 Å². The van der Waals surface area contributed by atoms with Gasteiger partial charge in [0.15, 0.2) is 6.04 Å². The van der Waals surface area contributed by atoms with Crippen LogP contribution in [0.1, 0.15) is 15.9 Å². The van der Waals surface area contributed by atoms with Crippen molar-refractivity contribution in [2.24, 2.45) is 0 Å². The van der Waals surface area contributed by atoms with Crippen molar-refractivity contribution in [3.8, 4) is 0 Å². The van der Waals surface area contributed by atoms with E-state index in [-0.39, 0.29) is 10.5 Å². The molecule has 0 saturated heterocycles. The number of esters is 1. The second kappa shape index (κ2) is 8.85. The number of sulfonamides is 1. The summed E-state index contributed by atoms with van der Waals surface area (Å²) in [4.78, 5) is 23.8. The Hall–Kier alpha value is -2.91. The van der Waals surface area contributed by atoms with Crippen LogP contribution in [-0.4, -0.2) is 52.2 Å². The number of aliphatic hydroxyl groups is 1. The summed E-state index contributed by atoms with van der Waals surface area (Å²) in [6.07, 6.45) is 0. The minimum Gasteiger partial charge on any atom is -0.467 e. The molecule has 0 aromatic heterocycles. The summed E-state index contributed by atoms with van der Waals surface area (Å²) >= 11 is 0. The molecule has 150 valence electrons. The Kier molecular flexibility index (Phi) is 6.76. The molecular formula is C19H22N2O6S. The third-order valence-electron chi connectivity index (χ3n) is 4.15. The minimum absolute atomic E-state index is 0.159. The predicted octanol–water partition coefficient (Wildman–Crippen LogP) is 1.08. The number of methoxy groups -OCH3 is 1. The van der Waals surface area contributed by atoms with Crippen molar-refractivity contribution in [2.75, 3.05) is 25.1 Å². The zero-order valence-electron chi connectivity index (χ0n) is 15.7. The lowest BCUT2D eigenvalue weighted by molar-refractivity contribution is -0.143. The van der Waals surface area contributed by atoms with Gasteiger partial charge in [0, 0.05) is 12.6 Å². The number of hydrogen-bond acceptors (Lipinski definition) is 6. The number of aryl methyl sites for hydroxylation is 1. The molecule has 1 atom stereocenters. The quantitative estimate of drug-likeness (QED) is 0.666. The van der Waals surface area contributed by atoms with Gasteiger partial charge in [0.2, 0.25) is 0 Å². The largest absolute Gasteiger partial charge is 0.467 e. The van der Waals surface area contributed by atoms with Crippen molar-refractivity contribution in [3.63, 3.8) is 0 Å². The van der Waals surface area contributed by atoms with E-state index in [4.69, 9.17) is 5.11 Å². The SMILES string of the molecule is COC(=O)[C@H](CO)NC(=O)c1ccc(N(C)S(=O)(=O)c2ccc(C)cc2)cc1. The first-order valence-corrected chi connectivity index (χ1v) is 9.80. The molecule has 2 aromatic carbocycles. The van der Waals surface area contributed by atoms with Gasteiger partial charge in [0.1, 0.15) is 0 Å². The number of nitrogens with one attached hydrogen (secondary N) is 1. The van der Waals surface area contributed by atoms with Crippen LogP contribution in [0.25, 0.3) is 0 Å². The third-order valence-corrected chi connectivity index (χ3v) is 5.95. The molecule has 0 radical (unpaired) electrons. The fourth-order valence-corrected chi connectivity index (χ4v) is 3.59. The number of aliphatic hydroxyl groups excluding tert-OH is 1. The first-order chi connectivity index (χ1) is 13.2. The molecule has 0 heterocycles. The molecule has 8 nitrogen and oxygen atoms in total. The van der Waals surface area contributed by atoms with Crippen molar-refractivity contribution in [1.29, 1.82) is 0 Å². The number of carbonyl (C=O) groups excluding carboxylic acids is 2. The molecule has 0 bridgehead atoms. The average molecular weight is 406 g/mol. The Labute approximate surface area is 163 Å². The first-order valence-electron chi connectivity index (χ1n) is 8.36. The Morgan fingerprint density at radius 2 is 1.68 bits per heavy atom. The second-order valence-electron chi connectivity index (χ2n) is 6.06. The van der Waals surface area contributed by atoms with Gasteiger partial charge in [-0.25, -0.2) is 13.2 Å². The Balaban J connectivity index is 2.18. The lowest BCUT2D eigenvalue weighted by atomic mass is 10.2.